The molecule has 13 heavy (non-hydrogen) atoms. The van der Waals surface area contributed by atoms with Gasteiger partial charge >= 0.3 is 0 Å². The molecule has 70 valence electrons. The van der Waals surface area contributed by atoms with Crippen LogP contribution in [0, 0.1) is 0 Å². The summed E-state index contributed by atoms with van der Waals surface area (Å²) in [5.41, 5.74) is 0. The van der Waals surface area contributed by atoms with E-state index in [2.05, 4.69) is 19.1 Å². The van der Waals surface area contributed by atoms with Crippen LogP contribution in [-0.4, -0.2) is 6.61 Å². The lowest BCUT2D eigenvalue weighted by atomic mass is 10.3. The molecule has 0 aliphatic rings. The van der Waals surface area contributed by atoms with E-state index >= 15 is 0 Å². The molecule has 1 aromatic carbocycles. The van der Waals surface area contributed by atoms with Gasteiger partial charge in [0.15, 0.2) is 0 Å². The first-order chi connectivity index (χ1) is 6.43. The van der Waals surface area contributed by atoms with Crippen LogP contribution in [-0.2, 0) is 0 Å². The Kier molecular flexibility index (Phi) is 4.77. The van der Waals surface area contributed by atoms with Gasteiger partial charge in [0.1, 0.15) is 12.4 Å². The zero-order valence-corrected chi connectivity index (χ0v) is 8.07. The van der Waals surface area contributed by atoms with Gasteiger partial charge in [0.2, 0.25) is 0 Å². The highest BCUT2D eigenvalue weighted by Crippen LogP contribution is 2.07. The van der Waals surface area contributed by atoms with Crippen LogP contribution < -0.4 is 4.74 Å². The lowest BCUT2D eigenvalue weighted by molar-refractivity contribution is 0.362. The van der Waals surface area contributed by atoms with E-state index in [4.69, 9.17) is 4.74 Å². The molecule has 0 atom stereocenters. The van der Waals surface area contributed by atoms with Gasteiger partial charge < -0.3 is 4.74 Å². The first-order valence-electron chi connectivity index (χ1n) is 4.76. The molecule has 0 fully saturated rings. The summed E-state index contributed by atoms with van der Waals surface area (Å²) in [6.07, 6.45) is 6.55. The van der Waals surface area contributed by atoms with Crippen LogP contribution in [0.25, 0.3) is 0 Å². The summed E-state index contributed by atoms with van der Waals surface area (Å²) in [7, 11) is 0. The van der Waals surface area contributed by atoms with Gasteiger partial charge in [-0.15, -0.1) is 0 Å². The van der Waals surface area contributed by atoms with Crippen molar-refractivity contribution in [3.8, 4) is 5.75 Å². The van der Waals surface area contributed by atoms with Crippen molar-refractivity contribution in [2.75, 3.05) is 6.61 Å². The molecule has 0 aliphatic carbocycles. The summed E-state index contributed by atoms with van der Waals surface area (Å²) in [6, 6.07) is 9.87. The topological polar surface area (TPSA) is 9.23 Å². The Hall–Kier alpha value is -1.24. The molecule has 1 nitrogen and oxygen atoms in total. The monoisotopic (exact) mass is 176 g/mol. The van der Waals surface area contributed by atoms with Crippen molar-refractivity contribution < 1.29 is 4.74 Å². The van der Waals surface area contributed by atoms with Crippen molar-refractivity contribution in [2.45, 2.75) is 19.8 Å². The van der Waals surface area contributed by atoms with Gasteiger partial charge in [-0.25, -0.2) is 0 Å². The Morgan fingerprint density at radius 2 is 1.92 bits per heavy atom. The molecule has 0 heterocycles. The fourth-order valence-electron chi connectivity index (χ4n) is 1.01. The lowest BCUT2D eigenvalue weighted by Gasteiger charge is -2.00. The number of para-hydroxylation sites is 1. The van der Waals surface area contributed by atoms with Crippen LogP contribution in [0.4, 0.5) is 0 Å². The number of allylic oxidation sites excluding steroid dienone is 1. The maximum atomic E-state index is 5.47. The van der Waals surface area contributed by atoms with Crippen LogP contribution in [0.3, 0.4) is 0 Å². The molecule has 1 heteroatoms. The fraction of sp³-hybridized carbons (Fsp3) is 0.333. The summed E-state index contributed by atoms with van der Waals surface area (Å²) in [5.74, 6) is 0.934. The van der Waals surface area contributed by atoms with E-state index < -0.39 is 0 Å². The van der Waals surface area contributed by atoms with Gasteiger partial charge in [-0.3, -0.25) is 0 Å². The zero-order chi connectivity index (χ0) is 9.36. The molecule has 0 aromatic heterocycles. The maximum absolute atomic E-state index is 5.47. The third-order valence-electron chi connectivity index (χ3n) is 1.71. The first-order valence-corrected chi connectivity index (χ1v) is 4.76. The fourth-order valence-corrected chi connectivity index (χ4v) is 1.01. The van der Waals surface area contributed by atoms with Crippen molar-refractivity contribution in [3.05, 3.63) is 42.5 Å². The molecule has 0 aliphatic heterocycles. The van der Waals surface area contributed by atoms with Gasteiger partial charge in [0.25, 0.3) is 0 Å². The Morgan fingerprint density at radius 3 is 2.62 bits per heavy atom. The Bertz CT molecular complexity index is 239. The van der Waals surface area contributed by atoms with E-state index in [0.29, 0.717) is 6.61 Å². The van der Waals surface area contributed by atoms with Crippen molar-refractivity contribution in [3.63, 3.8) is 0 Å². The van der Waals surface area contributed by atoms with Crippen LogP contribution in [0.2, 0.25) is 0 Å². The summed E-state index contributed by atoms with van der Waals surface area (Å²) in [4.78, 5) is 0. The minimum Gasteiger partial charge on any atom is -0.490 e. The summed E-state index contributed by atoms with van der Waals surface area (Å²) < 4.78 is 5.47. The quantitative estimate of drug-likeness (QED) is 0.624. The predicted octanol–water partition coefficient (Wildman–Crippen LogP) is 3.42. The number of benzene rings is 1. The smallest absolute Gasteiger partial charge is 0.119 e. The number of unbranched alkanes of at least 4 members (excludes halogenated alkanes) is 1. The van der Waals surface area contributed by atoms with Gasteiger partial charge in [-0.2, -0.15) is 0 Å². The van der Waals surface area contributed by atoms with Crippen LogP contribution in [0.5, 0.6) is 5.75 Å². The second kappa shape index (κ2) is 6.30. The molecule has 0 spiro atoms. The minimum atomic E-state index is 0.671. The Labute approximate surface area is 80.0 Å². The maximum Gasteiger partial charge on any atom is 0.119 e. The van der Waals surface area contributed by atoms with Gasteiger partial charge in [0.05, 0.1) is 0 Å². The first kappa shape index (κ1) is 9.85. The molecule has 0 N–H and O–H groups in total. The van der Waals surface area contributed by atoms with Gasteiger partial charge in [0, 0.05) is 0 Å². The number of rotatable bonds is 5. The highest BCUT2D eigenvalue weighted by Gasteiger charge is 1.86. The van der Waals surface area contributed by atoms with Crippen LogP contribution >= 0.6 is 0 Å². The molecule has 0 unspecified atom stereocenters. The van der Waals surface area contributed by atoms with Gasteiger partial charge in [-0.1, -0.05) is 43.7 Å². The second-order valence-corrected chi connectivity index (χ2v) is 2.88. The second-order valence-electron chi connectivity index (χ2n) is 2.88. The minimum absolute atomic E-state index is 0.671. The third kappa shape index (κ3) is 4.36. The lowest BCUT2D eigenvalue weighted by Crippen LogP contribution is -1.92. The number of hydrogen-bond acceptors (Lipinski definition) is 1. The largest absolute Gasteiger partial charge is 0.490 e. The van der Waals surface area contributed by atoms with Crippen molar-refractivity contribution in [2.24, 2.45) is 0 Å². The Morgan fingerprint density at radius 1 is 1.15 bits per heavy atom. The zero-order valence-electron chi connectivity index (χ0n) is 8.07. The molecule has 0 saturated carbocycles. The Balaban J connectivity index is 2.20. The van der Waals surface area contributed by atoms with Crippen LogP contribution in [0.1, 0.15) is 19.8 Å². The number of ether oxygens (including phenoxy) is 1. The SMILES string of the molecule is CCC/C=C\COc1ccccc1. The highest BCUT2D eigenvalue weighted by molar-refractivity contribution is 5.21. The standard InChI is InChI=1S/C12H16O/c1-2-3-4-8-11-13-12-9-6-5-7-10-12/h4-10H,2-3,11H2,1H3/b8-4-. The van der Waals surface area contributed by atoms with E-state index in [1.807, 2.05) is 30.3 Å². The highest BCUT2D eigenvalue weighted by atomic mass is 16.5. The van der Waals surface area contributed by atoms with E-state index in [9.17, 15) is 0 Å². The summed E-state index contributed by atoms with van der Waals surface area (Å²) in [5, 5.41) is 0. The van der Waals surface area contributed by atoms with E-state index in [1.165, 1.54) is 6.42 Å². The summed E-state index contributed by atoms with van der Waals surface area (Å²) >= 11 is 0. The molecule has 1 aromatic rings. The molecule has 1 rings (SSSR count). The third-order valence-corrected chi connectivity index (χ3v) is 1.71. The normalized spacial score (nSPS) is 10.5. The molecule has 0 amide bonds. The molecular weight excluding hydrogens is 160 g/mol. The predicted molar refractivity (Wildman–Crippen MR) is 56.0 cm³/mol. The van der Waals surface area contributed by atoms with Crippen LogP contribution in [0.15, 0.2) is 42.5 Å². The average molecular weight is 176 g/mol. The van der Waals surface area contributed by atoms with Gasteiger partial charge in [-0.05, 0) is 18.6 Å². The van der Waals surface area contributed by atoms with E-state index in [0.717, 1.165) is 12.2 Å². The summed E-state index contributed by atoms with van der Waals surface area (Å²) in [6.45, 7) is 2.84. The van der Waals surface area contributed by atoms with Crippen molar-refractivity contribution in [1.82, 2.24) is 0 Å². The van der Waals surface area contributed by atoms with Crippen molar-refractivity contribution >= 4 is 0 Å². The molecular formula is C12H16O. The van der Waals surface area contributed by atoms with E-state index in [1.54, 1.807) is 0 Å². The average Bonchev–Trinajstić information content (AvgIpc) is 2.19. The number of hydrogen-bond donors (Lipinski definition) is 0. The molecule has 0 bridgehead atoms. The molecule has 0 saturated heterocycles. The van der Waals surface area contributed by atoms with Crippen molar-refractivity contribution in [1.29, 1.82) is 0 Å². The van der Waals surface area contributed by atoms with E-state index in [-0.39, 0.29) is 0 Å². The molecule has 0 radical (unpaired) electrons.